The Bertz CT molecular complexity index is 1540. The van der Waals surface area contributed by atoms with Gasteiger partial charge >= 0.3 is 0 Å². The smallest absolute Gasteiger partial charge is 0.289 e. The number of nitrogens with two attached hydrogens (primary N) is 1. The number of aliphatic imine (C=N–C) groups is 1. The zero-order valence-corrected chi connectivity index (χ0v) is 23.0. The summed E-state index contributed by atoms with van der Waals surface area (Å²) in [7, 11) is -2.20. The molecule has 5 heterocycles. The minimum absolute atomic E-state index is 0.000420. The Morgan fingerprint density at radius 1 is 1.34 bits per heavy atom. The number of fused-ring (bicyclic) bond motifs is 3. The number of aromatic nitrogens is 4. The molecule has 38 heavy (non-hydrogen) atoms. The average Bonchev–Trinajstić information content (AvgIpc) is 3.57. The number of sulfone groups is 1. The maximum Gasteiger partial charge on any atom is 0.289 e. The van der Waals surface area contributed by atoms with E-state index in [2.05, 4.69) is 27.0 Å². The van der Waals surface area contributed by atoms with E-state index in [1.54, 1.807) is 26.4 Å². The average molecular weight is 559 g/mol. The SMILES string of the molecule is C=CNC(=NC)C(=O)N1C2CCC1CC(c1nc3c(-c4cnc(C(C)O)s4)cnn3c(N)c1S(C)(=O)=O)C2. The number of nitrogen functional groups attached to an aromatic ring is 1. The molecule has 2 fully saturated rings. The molecule has 2 aliphatic rings. The van der Waals surface area contributed by atoms with Crippen LogP contribution in [0, 0.1) is 0 Å². The molecule has 2 saturated heterocycles. The van der Waals surface area contributed by atoms with Gasteiger partial charge in [-0.2, -0.15) is 9.61 Å². The Morgan fingerprint density at radius 3 is 2.58 bits per heavy atom. The highest BCUT2D eigenvalue weighted by Crippen LogP contribution is 2.45. The molecular weight excluding hydrogens is 528 g/mol. The van der Waals surface area contributed by atoms with Gasteiger partial charge in [0, 0.05) is 37.5 Å². The van der Waals surface area contributed by atoms with Crippen LogP contribution in [0.5, 0.6) is 0 Å². The molecule has 0 aliphatic carbocycles. The first kappa shape index (κ1) is 26.3. The van der Waals surface area contributed by atoms with Crippen molar-refractivity contribution in [3.05, 3.63) is 35.9 Å². The molecule has 0 saturated carbocycles. The van der Waals surface area contributed by atoms with E-state index in [1.807, 2.05) is 4.90 Å². The predicted molar refractivity (Wildman–Crippen MR) is 145 cm³/mol. The normalized spacial score (nSPS) is 22.6. The number of hydrogen-bond acceptors (Lipinski definition) is 10. The molecule has 0 spiro atoms. The van der Waals surface area contributed by atoms with Crippen LogP contribution in [0.4, 0.5) is 5.82 Å². The molecule has 5 rings (SSSR count). The van der Waals surface area contributed by atoms with Gasteiger partial charge in [0.1, 0.15) is 21.8 Å². The number of hydrogen-bond donors (Lipinski definition) is 3. The van der Waals surface area contributed by atoms with Crippen LogP contribution in [0.15, 0.2) is 35.1 Å². The predicted octanol–water partition coefficient (Wildman–Crippen LogP) is 1.89. The summed E-state index contributed by atoms with van der Waals surface area (Å²) in [6, 6.07) is -0.165. The van der Waals surface area contributed by atoms with Gasteiger partial charge in [-0.1, -0.05) is 6.58 Å². The lowest BCUT2D eigenvalue weighted by Gasteiger charge is -2.39. The summed E-state index contributed by atoms with van der Waals surface area (Å²) in [5.41, 5.74) is 7.91. The third kappa shape index (κ3) is 4.35. The molecule has 0 aromatic carbocycles. The molecule has 4 N–H and O–H groups in total. The molecule has 2 aliphatic heterocycles. The van der Waals surface area contributed by atoms with Gasteiger partial charge < -0.3 is 21.1 Å². The van der Waals surface area contributed by atoms with Crippen molar-refractivity contribution in [1.82, 2.24) is 29.8 Å². The molecule has 0 radical (unpaired) electrons. The van der Waals surface area contributed by atoms with Crippen molar-refractivity contribution in [3.8, 4) is 10.4 Å². The summed E-state index contributed by atoms with van der Waals surface area (Å²) >= 11 is 1.31. The molecule has 202 valence electrons. The number of nitrogens with zero attached hydrogens (tertiary/aromatic N) is 6. The standard InChI is InChI=1S/C24H30N8O4S2/c1-5-27-21(26-3)24(34)31-14-6-7-15(31)9-13(8-14)18-19(38(4,35)36)20(25)32-22(30-18)16(10-29-32)17-11-28-23(37-17)12(2)33/h5,10-15,33H,1,6-9,25H2,2-4H3,(H,26,27). The fourth-order valence-electron chi connectivity index (χ4n) is 5.63. The van der Waals surface area contributed by atoms with Gasteiger partial charge in [0.25, 0.3) is 5.91 Å². The van der Waals surface area contributed by atoms with Crippen LogP contribution < -0.4 is 11.1 Å². The number of aliphatic hydroxyl groups excluding tert-OH is 1. The summed E-state index contributed by atoms with van der Waals surface area (Å²) in [6.07, 6.45) is 7.77. The Hall–Kier alpha value is -3.36. The maximum atomic E-state index is 13.2. The Morgan fingerprint density at radius 2 is 2.03 bits per heavy atom. The molecule has 3 atom stereocenters. The van der Waals surface area contributed by atoms with Gasteiger partial charge in [0.2, 0.25) is 0 Å². The van der Waals surface area contributed by atoms with Crippen molar-refractivity contribution in [3.63, 3.8) is 0 Å². The fraction of sp³-hybridized carbons (Fsp3) is 0.458. The van der Waals surface area contributed by atoms with Crippen LogP contribution in [0.25, 0.3) is 16.1 Å². The van der Waals surface area contributed by atoms with Crippen LogP contribution in [-0.4, -0.2) is 75.1 Å². The first-order valence-corrected chi connectivity index (χ1v) is 14.9. The minimum atomic E-state index is -3.75. The highest BCUT2D eigenvalue weighted by molar-refractivity contribution is 7.91. The number of rotatable bonds is 5. The molecular formula is C24H30N8O4S2. The van der Waals surface area contributed by atoms with E-state index in [0.717, 1.165) is 24.0 Å². The monoisotopic (exact) mass is 558 g/mol. The zero-order valence-electron chi connectivity index (χ0n) is 21.3. The van der Waals surface area contributed by atoms with E-state index in [0.29, 0.717) is 34.8 Å². The number of piperidine rings is 1. The summed E-state index contributed by atoms with van der Waals surface area (Å²) in [6.45, 7) is 5.26. The van der Waals surface area contributed by atoms with Crippen molar-refractivity contribution in [1.29, 1.82) is 0 Å². The third-order valence-electron chi connectivity index (χ3n) is 7.20. The first-order valence-electron chi connectivity index (χ1n) is 12.2. The molecule has 1 amide bonds. The van der Waals surface area contributed by atoms with E-state index in [4.69, 9.17) is 10.7 Å². The Labute approximate surface area is 224 Å². The Balaban J connectivity index is 1.58. The van der Waals surface area contributed by atoms with E-state index in [1.165, 1.54) is 22.1 Å². The van der Waals surface area contributed by atoms with Crippen LogP contribution in [0.3, 0.4) is 0 Å². The summed E-state index contributed by atoms with van der Waals surface area (Å²) in [4.78, 5) is 29.0. The summed E-state index contributed by atoms with van der Waals surface area (Å²) in [5.74, 6) is -0.191. The number of thiazole rings is 1. The quantitative estimate of drug-likeness (QED) is 0.313. The van der Waals surface area contributed by atoms with E-state index < -0.39 is 15.9 Å². The van der Waals surface area contributed by atoms with Crippen LogP contribution in [-0.2, 0) is 14.6 Å². The highest BCUT2D eigenvalue weighted by Gasteiger charge is 2.46. The number of amidine groups is 1. The van der Waals surface area contributed by atoms with Gasteiger partial charge in [0.05, 0.1) is 22.3 Å². The highest BCUT2D eigenvalue weighted by atomic mass is 32.2. The Kier molecular flexibility index (Phi) is 6.73. The van der Waals surface area contributed by atoms with Crippen molar-refractivity contribution in [2.24, 2.45) is 4.99 Å². The number of aliphatic hydroxyl groups is 1. The first-order chi connectivity index (χ1) is 18.0. The molecule has 3 aromatic heterocycles. The number of carbonyl (C=O) groups excluding carboxylic acids is 1. The van der Waals surface area contributed by atoms with Crippen molar-refractivity contribution in [2.45, 2.75) is 61.6 Å². The lowest BCUT2D eigenvalue weighted by Crippen LogP contribution is -2.51. The number of amides is 1. The summed E-state index contributed by atoms with van der Waals surface area (Å²) in [5, 5.41) is 17.6. The van der Waals surface area contributed by atoms with Crippen molar-refractivity contribution in [2.75, 3.05) is 19.0 Å². The fourth-order valence-corrected chi connectivity index (χ4v) is 7.55. The number of carbonyl (C=O) groups is 1. The van der Waals surface area contributed by atoms with Crippen molar-refractivity contribution >= 4 is 44.4 Å². The lowest BCUT2D eigenvalue weighted by atomic mass is 9.87. The summed E-state index contributed by atoms with van der Waals surface area (Å²) < 4.78 is 27.3. The molecule has 14 heteroatoms. The van der Waals surface area contributed by atoms with Gasteiger partial charge in [-0.15, -0.1) is 11.3 Å². The molecule has 3 unspecified atom stereocenters. The lowest BCUT2D eigenvalue weighted by molar-refractivity contribution is -0.128. The van der Waals surface area contributed by atoms with Crippen LogP contribution >= 0.6 is 11.3 Å². The second-order valence-electron chi connectivity index (χ2n) is 9.70. The number of anilines is 1. The third-order valence-corrected chi connectivity index (χ3v) is 9.56. The van der Waals surface area contributed by atoms with Crippen molar-refractivity contribution < 1.29 is 18.3 Å². The van der Waals surface area contributed by atoms with E-state index in [-0.39, 0.29) is 40.5 Å². The van der Waals surface area contributed by atoms with Crippen LogP contribution in [0.1, 0.15) is 55.3 Å². The van der Waals surface area contributed by atoms with Gasteiger partial charge in [-0.3, -0.25) is 9.79 Å². The number of nitrogens with one attached hydrogen (secondary N) is 1. The van der Waals surface area contributed by atoms with E-state index >= 15 is 0 Å². The molecule has 12 nitrogen and oxygen atoms in total. The van der Waals surface area contributed by atoms with Crippen LogP contribution in [0.2, 0.25) is 0 Å². The minimum Gasteiger partial charge on any atom is -0.386 e. The maximum absolute atomic E-state index is 13.2. The van der Waals surface area contributed by atoms with Gasteiger partial charge in [0.15, 0.2) is 21.3 Å². The topological polar surface area (TPSA) is 168 Å². The molecule has 3 aromatic rings. The second kappa shape index (κ2) is 9.75. The largest absolute Gasteiger partial charge is 0.386 e. The molecule has 2 bridgehead atoms. The second-order valence-corrected chi connectivity index (χ2v) is 12.7. The van der Waals surface area contributed by atoms with Gasteiger partial charge in [-0.05, 0) is 38.8 Å². The van der Waals surface area contributed by atoms with Gasteiger partial charge in [-0.25, -0.2) is 18.4 Å². The zero-order chi connectivity index (χ0) is 27.4. The van der Waals surface area contributed by atoms with E-state index in [9.17, 15) is 18.3 Å².